The van der Waals surface area contributed by atoms with Crippen LogP contribution in [0.2, 0.25) is 0 Å². The molecular formula is C16H22F2N2O3. The molecule has 0 aliphatic rings. The Morgan fingerprint density at radius 3 is 2.17 bits per heavy atom. The Hall–Kier alpha value is -2.02. The zero-order chi connectivity index (χ0) is 17.4. The van der Waals surface area contributed by atoms with E-state index in [4.69, 9.17) is 0 Å². The molecule has 0 heterocycles. The number of amides is 2. The van der Waals surface area contributed by atoms with E-state index in [9.17, 15) is 23.5 Å². The highest BCUT2D eigenvalue weighted by Gasteiger charge is 2.16. The van der Waals surface area contributed by atoms with Gasteiger partial charge in [-0.2, -0.15) is 0 Å². The molecular weight excluding hydrogens is 306 g/mol. The van der Waals surface area contributed by atoms with E-state index in [-0.39, 0.29) is 24.6 Å². The number of aliphatic hydroxyl groups excluding tert-OH is 1. The van der Waals surface area contributed by atoms with Gasteiger partial charge in [-0.1, -0.05) is 26.7 Å². The highest BCUT2D eigenvalue weighted by Crippen LogP contribution is 2.12. The fraction of sp³-hybridized carbons (Fsp3) is 0.500. The van der Waals surface area contributed by atoms with Crippen LogP contribution in [0.4, 0.5) is 8.78 Å². The molecule has 5 nitrogen and oxygen atoms in total. The maximum absolute atomic E-state index is 13.0. The zero-order valence-electron chi connectivity index (χ0n) is 13.2. The van der Waals surface area contributed by atoms with Crippen LogP contribution in [0.3, 0.4) is 0 Å². The minimum Gasteiger partial charge on any atom is -0.391 e. The SMILES string of the molecule is CCC(CC)C(O)CNC(=O)CNC(=O)c1cc(F)cc(F)c1. The van der Waals surface area contributed by atoms with Crippen molar-refractivity contribution in [3.63, 3.8) is 0 Å². The van der Waals surface area contributed by atoms with E-state index < -0.39 is 29.6 Å². The monoisotopic (exact) mass is 328 g/mol. The first-order chi connectivity index (χ1) is 10.9. The molecule has 1 atom stereocenters. The van der Waals surface area contributed by atoms with Crippen molar-refractivity contribution in [2.75, 3.05) is 13.1 Å². The minimum absolute atomic E-state index is 0.0929. The van der Waals surface area contributed by atoms with Gasteiger partial charge >= 0.3 is 0 Å². The number of aliphatic hydroxyl groups is 1. The highest BCUT2D eigenvalue weighted by atomic mass is 19.1. The van der Waals surface area contributed by atoms with E-state index in [0.717, 1.165) is 25.0 Å². The smallest absolute Gasteiger partial charge is 0.251 e. The van der Waals surface area contributed by atoms with E-state index in [1.165, 1.54) is 0 Å². The maximum Gasteiger partial charge on any atom is 0.251 e. The lowest BCUT2D eigenvalue weighted by Crippen LogP contribution is -2.41. The first kappa shape index (κ1) is 19.0. The van der Waals surface area contributed by atoms with E-state index in [2.05, 4.69) is 10.6 Å². The van der Waals surface area contributed by atoms with E-state index >= 15 is 0 Å². The molecule has 0 aromatic heterocycles. The summed E-state index contributed by atoms with van der Waals surface area (Å²) in [5, 5.41) is 14.7. The number of rotatable bonds is 8. The zero-order valence-corrected chi connectivity index (χ0v) is 13.2. The van der Waals surface area contributed by atoms with Gasteiger partial charge in [0, 0.05) is 18.2 Å². The molecule has 1 unspecified atom stereocenters. The number of carbonyl (C=O) groups is 2. The van der Waals surface area contributed by atoms with Crippen molar-refractivity contribution >= 4 is 11.8 Å². The van der Waals surface area contributed by atoms with Crippen molar-refractivity contribution in [1.82, 2.24) is 10.6 Å². The molecule has 23 heavy (non-hydrogen) atoms. The molecule has 0 fully saturated rings. The lowest BCUT2D eigenvalue weighted by molar-refractivity contribution is -0.120. The quantitative estimate of drug-likeness (QED) is 0.678. The molecule has 128 valence electrons. The predicted octanol–water partition coefficient (Wildman–Crippen LogP) is 1.61. The van der Waals surface area contributed by atoms with Gasteiger partial charge < -0.3 is 15.7 Å². The fourth-order valence-corrected chi connectivity index (χ4v) is 2.23. The van der Waals surface area contributed by atoms with Crippen molar-refractivity contribution in [2.45, 2.75) is 32.8 Å². The number of benzene rings is 1. The van der Waals surface area contributed by atoms with Gasteiger partial charge in [0.1, 0.15) is 11.6 Å². The van der Waals surface area contributed by atoms with Crippen LogP contribution in [-0.2, 0) is 4.79 Å². The van der Waals surface area contributed by atoms with Gasteiger partial charge in [-0.3, -0.25) is 9.59 Å². The summed E-state index contributed by atoms with van der Waals surface area (Å²) in [6.07, 6.45) is 0.951. The summed E-state index contributed by atoms with van der Waals surface area (Å²) in [4.78, 5) is 23.4. The van der Waals surface area contributed by atoms with Gasteiger partial charge in [0.05, 0.1) is 12.6 Å². The standard InChI is InChI=1S/C16H22F2N2O3/c1-3-10(4-2)14(21)8-19-15(22)9-20-16(23)11-5-12(17)7-13(18)6-11/h5-7,10,14,21H,3-4,8-9H2,1-2H3,(H,19,22)(H,20,23). The van der Waals surface area contributed by atoms with E-state index in [1.54, 1.807) is 0 Å². The lowest BCUT2D eigenvalue weighted by Gasteiger charge is -2.20. The van der Waals surface area contributed by atoms with Crippen LogP contribution in [0.25, 0.3) is 0 Å². The lowest BCUT2D eigenvalue weighted by atomic mass is 9.96. The molecule has 0 spiro atoms. The van der Waals surface area contributed by atoms with Crippen molar-refractivity contribution in [3.05, 3.63) is 35.4 Å². The molecule has 2 amide bonds. The Balaban J connectivity index is 2.42. The molecule has 0 aliphatic carbocycles. The normalized spacial score (nSPS) is 12.1. The first-order valence-electron chi connectivity index (χ1n) is 7.56. The van der Waals surface area contributed by atoms with Crippen molar-refractivity contribution < 1.29 is 23.5 Å². The summed E-state index contributed by atoms with van der Waals surface area (Å²) in [5.41, 5.74) is -0.202. The molecule has 1 aromatic rings. The molecule has 3 N–H and O–H groups in total. The number of hydrogen-bond acceptors (Lipinski definition) is 3. The Bertz CT molecular complexity index is 528. The predicted molar refractivity (Wildman–Crippen MR) is 81.8 cm³/mol. The Morgan fingerprint density at radius 1 is 1.09 bits per heavy atom. The molecule has 1 rings (SSSR count). The topological polar surface area (TPSA) is 78.4 Å². The summed E-state index contributed by atoms with van der Waals surface area (Å²) >= 11 is 0. The van der Waals surface area contributed by atoms with Crippen molar-refractivity contribution in [2.24, 2.45) is 5.92 Å². The summed E-state index contributed by atoms with van der Waals surface area (Å²) in [5.74, 6) is -2.87. The number of carbonyl (C=O) groups excluding carboxylic acids is 2. The van der Waals surface area contributed by atoms with Gasteiger partial charge in [-0.25, -0.2) is 8.78 Å². The van der Waals surface area contributed by atoms with Crippen LogP contribution in [-0.4, -0.2) is 36.1 Å². The average Bonchev–Trinajstić information content (AvgIpc) is 2.50. The molecule has 0 radical (unpaired) electrons. The summed E-state index contributed by atoms with van der Waals surface area (Å²) in [6.45, 7) is 3.66. The third-order valence-electron chi connectivity index (χ3n) is 3.64. The number of halogens is 2. The van der Waals surface area contributed by atoms with Crippen molar-refractivity contribution in [1.29, 1.82) is 0 Å². The third kappa shape index (κ3) is 6.32. The summed E-state index contributed by atoms with van der Waals surface area (Å²) in [6, 6.07) is 2.42. The second kappa shape index (κ2) is 9.19. The molecule has 0 aliphatic heterocycles. The molecule has 0 saturated carbocycles. The second-order valence-electron chi connectivity index (χ2n) is 5.29. The van der Waals surface area contributed by atoms with Crippen LogP contribution in [0.5, 0.6) is 0 Å². The van der Waals surface area contributed by atoms with Gasteiger partial charge in [0.2, 0.25) is 5.91 Å². The van der Waals surface area contributed by atoms with Crippen LogP contribution in [0.15, 0.2) is 18.2 Å². The summed E-state index contributed by atoms with van der Waals surface area (Å²) < 4.78 is 26.0. The fourth-order valence-electron chi connectivity index (χ4n) is 2.23. The third-order valence-corrected chi connectivity index (χ3v) is 3.64. The Morgan fingerprint density at radius 2 is 1.65 bits per heavy atom. The van der Waals surface area contributed by atoms with Crippen LogP contribution in [0, 0.1) is 17.6 Å². The Labute approximate surface area is 134 Å². The van der Waals surface area contributed by atoms with Crippen molar-refractivity contribution in [3.8, 4) is 0 Å². The maximum atomic E-state index is 13.0. The Kier molecular flexibility index (Phi) is 7.61. The first-order valence-corrected chi connectivity index (χ1v) is 7.56. The van der Waals surface area contributed by atoms with Gasteiger partial charge in [-0.15, -0.1) is 0 Å². The molecule has 0 saturated heterocycles. The highest BCUT2D eigenvalue weighted by molar-refractivity contribution is 5.96. The van der Waals surface area contributed by atoms with Crippen LogP contribution >= 0.6 is 0 Å². The number of hydrogen-bond donors (Lipinski definition) is 3. The second-order valence-corrected chi connectivity index (χ2v) is 5.29. The van der Waals surface area contributed by atoms with Gasteiger partial charge in [0.25, 0.3) is 5.91 Å². The molecule has 1 aromatic carbocycles. The molecule has 0 bridgehead atoms. The minimum atomic E-state index is -0.868. The largest absolute Gasteiger partial charge is 0.391 e. The van der Waals surface area contributed by atoms with Crippen LogP contribution in [0.1, 0.15) is 37.0 Å². The summed E-state index contributed by atoms with van der Waals surface area (Å²) in [7, 11) is 0. The van der Waals surface area contributed by atoms with E-state index in [0.29, 0.717) is 6.07 Å². The van der Waals surface area contributed by atoms with E-state index in [1.807, 2.05) is 13.8 Å². The van der Waals surface area contributed by atoms with Crippen LogP contribution < -0.4 is 10.6 Å². The molecule has 7 heteroatoms. The van der Waals surface area contributed by atoms with Gasteiger partial charge in [-0.05, 0) is 18.1 Å². The number of nitrogens with one attached hydrogen (secondary N) is 2. The van der Waals surface area contributed by atoms with Gasteiger partial charge in [0.15, 0.2) is 0 Å². The average molecular weight is 328 g/mol.